The number of carbonyl (C=O) groups excluding carboxylic acids is 1. The van der Waals surface area contributed by atoms with Crippen molar-refractivity contribution in [3.8, 4) is 11.5 Å². The fourth-order valence-electron chi connectivity index (χ4n) is 7.83. The quantitative estimate of drug-likeness (QED) is 0.603. The molecule has 2 saturated carbocycles. The van der Waals surface area contributed by atoms with E-state index in [2.05, 4.69) is 17.9 Å². The average Bonchev–Trinajstić information content (AvgIpc) is 3.46. The molecule has 3 aliphatic carbocycles. The number of aryl methyl sites for hydroxylation is 1. The normalized spacial score (nSPS) is 34.5. The van der Waals surface area contributed by atoms with E-state index in [9.17, 15) is 15.0 Å². The number of amides is 1. The summed E-state index contributed by atoms with van der Waals surface area (Å²) in [5.41, 5.74) is 0.656. The fourth-order valence-corrected chi connectivity index (χ4v) is 8.61. The van der Waals surface area contributed by atoms with Gasteiger partial charge in [0.15, 0.2) is 11.5 Å². The van der Waals surface area contributed by atoms with Gasteiger partial charge in [0.25, 0.3) is 0 Å². The first-order valence-electron chi connectivity index (χ1n) is 13.3. The Bertz CT molecular complexity index is 1270. The number of aromatic hydroxyl groups is 1. The summed E-state index contributed by atoms with van der Waals surface area (Å²) in [5.74, 6) is 1.37. The Morgan fingerprint density at radius 1 is 1.25 bits per heavy atom. The standard InChI is InChI=1S/C29H34N2O4S/c1-17-3-7-20(36-17)8-10-24(33)30(2)21-11-12-29(34)23-15-19-6-9-22(32)26-25(19)28(29,27(21)35-26)13-14-31(23)16-18-4-5-18/h3,6-10,18,21,23,27,32,34H,4-5,11-16H2,1-2H3/b10-8+/t21-,23+,27+,28+,29-/m1/s1. The van der Waals surface area contributed by atoms with Gasteiger partial charge in [-0.3, -0.25) is 9.69 Å². The molecule has 2 aliphatic heterocycles. The number of likely N-dealkylation sites (N-methyl/N-ethyl adjacent to an activating group) is 1. The van der Waals surface area contributed by atoms with Crippen molar-refractivity contribution in [3.05, 3.63) is 51.2 Å². The Hall–Kier alpha value is -2.35. The number of aliphatic hydroxyl groups is 1. The van der Waals surface area contributed by atoms with E-state index in [4.69, 9.17) is 4.74 Å². The second-order valence-electron chi connectivity index (χ2n) is 11.6. The Balaban J connectivity index is 1.26. The van der Waals surface area contributed by atoms with Crippen molar-refractivity contribution in [2.75, 3.05) is 20.1 Å². The van der Waals surface area contributed by atoms with Crippen LogP contribution in [0, 0.1) is 12.8 Å². The molecule has 6 nitrogen and oxygen atoms in total. The second kappa shape index (κ2) is 7.83. The topological polar surface area (TPSA) is 73.2 Å². The highest BCUT2D eigenvalue weighted by Gasteiger charge is 2.73. The van der Waals surface area contributed by atoms with E-state index < -0.39 is 11.0 Å². The summed E-state index contributed by atoms with van der Waals surface area (Å²) in [6.07, 6.45) is 8.61. The number of phenolic OH excluding ortho intramolecular Hbond substituents is 1. The van der Waals surface area contributed by atoms with Gasteiger partial charge in [0.1, 0.15) is 6.10 Å². The lowest BCUT2D eigenvalue weighted by Gasteiger charge is -2.64. The van der Waals surface area contributed by atoms with E-state index in [0.29, 0.717) is 18.6 Å². The highest BCUT2D eigenvalue weighted by molar-refractivity contribution is 7.12. The largest absolute Gasteiger partial charge is 0.504 e. The van der Waals surface area contributed by atoms with Crippen LogP contribution in [0.5, 0.6) is 11.5 Å². The molecule has 0 unspecified atom stereocenters. The predicted octanol–water partition coefficient (Wildman–Crippen LogP) is 3.87. The van der Waals surface area contributed by atoms with Gasteiger partial charge in [0.05, 0.1) is 17.1 Å². The van der Waals surface area contributed by atoms with E-state index in [1.54, 1.807) is 28.4 Å². The first-order chi connectivity index (χ1) is 17.3. The van der Waals surface area contributed by atoms with E-state index in [1.807, 2.05) is 25.3 Å². The van der Waals surface area contributed by atoms with Crippen molar-refractivity contribution < 1.29 is 19.7 Å². The summed E-state index contributed by atoms with van der Waals surface area (Å²) in [6, 6.07) is 7.72. The molecule has 1 saturated heterocycles. The molecule has 1 amide bonds. The summed E-state index contributed by atoms with van der Waals surface area (Å²) in [4.78, 5) is 19.9. The number of carbonyl (C=O) groups is 1. The molecule has 7 rings (SSSR count). The van der Waals surface area contributed by atoms with Crippen LogP contribution in [-0.4, -0.2) is 69.8 Å². The number of thiophene rings is 1. The van der Waals surface area contributed by atoms with E-state index in [0.717, 1.165) is 42.3 Å². The number of likely N-dealkylation sites (tertiary alicyclic amines) is 1. The zero-order valence-electron chi connectivity index (χ0n) is 20.9. The minimum atomic E-state index is -0.929. The van der Waals surface area contributed by atoms with Gasteiger partial charge in [0.2, 0.25) is 5.91 Å². The third kappa shape index (κ3) is 3.06. The van der Waals surface area contributed by atoms with Crippen LogP contribution in [-0.2, 0) is 16.6 Å². The molecule has 2 N–H and O–H groups in total. The highest BCUT2D eigenvalue weighted by atomic mass is 32.1. The van der Waals surface area contributed by atoms with Crippen molar-refractivity contribution in [2.24, 2.45) is 5.92 Å². The van der Waals surface area contributed by atoms with Crippen molar-refractivity contribution in [2.45, 2.75) is 74.7 Å². The van der Waals surface area contributed by atoms with Gasteiger partial charge in [-0.2, -0.15) is 0 Å². The predicted molar refractivity (Wildman–Crippen MR) is 139 cm³/mol. The molecule has 7 heteroatoms. The van der Waals surface area contributed by atoms with Crippen LogP contribution < -0.4 is 4.74 Å². The zero-order valence-corrected chi connectivity index (χ0v) is 21.8. The molecule has 3 fully saturated rings. The smallest absolute Gasteiger partial charge is 0.246 e. The second-order valence-corrected chi connectivity index (χ2v) is 12.9. The Morgan fingerprint density at radius 3 is 2.83 bits per heavy atom. The lowest BCUT2D eigenvalue weighted by molar-refractivity contribution is -0.200. The number of rotatable bonds is 5. The number of hydrogen-bond donors (Lipinski definition) is 2. The molecule has 1 aromatic heterocycles. The number of benzene rings is 1. The van der Waals surface area contributed by atoms with E-state index >= 15 is 0 Å². The molecule has 1 spiro atoms. The molecule has 3 heterocycles. The molecule has 5 atom stereocenters. The van der Waals surface area contributed by atoms with Crippen molar-refractivity contribution in [3.63, 3.8) is 0 Å². The third-order valence-electron chi connectivity index (χ3n) is 9.73. The fraction of sp³-hybridized carbons (Fsp3) is 0.552. The molecular formula is C29H34N2O4S. The maximum atomic E-state index is 13.3. The van der Waals surface area contributed by atoms with Gasteiger partial charge in [0, 0.05) is 41.0 Å². The number of piperidine rings is 1. The summed E-state index contributed by atoms with van der Waals surface area (Å²) >= 11 is 1.67. The number of phenols is 1. The molecule has 0 radical (unpaired) electrons. The first kappa shape index (κ1) is 22.8. The van der Waals surface area contributed by atoms with Gasteiger partial charge in [-0.1, -0.05) is 6.07 Å². The number of nitrogens with zero attached hydrogens (tertiary/aromatic N) is 2. The van der Waals surface area contributed by atoms with Gasteiger partial charge in [-0.05, 0) is 87.7 Å². The third-order valence-corrected chi connectivity index (χ3v) is 10.7. The summed E-state index contributed by atoms with van der Waals surface area (Å²) in [6.45, 7) is 4.04. The number of ether oxygens (including phenoxy) is 1. The van der Waals surface area contributed by atoms with Gasteiger partial charge in [-0.15, -0.1) is 11.3 Å². The van der Waals surface area contributed by atoms with Gasteiger partial charge in [-0.25, -0.2) is 0 Å². The number of hydrogen-bond acceptors (Lipinski definition) is 6. The van der Waals surface area contributed by atoms with Crippen LogP contribution in [0.1, 0.15) is 53.0 Å². The monoisotopic (exact) mass is 506 g/mol. The lowest BCUT2D eigenvalue weighted by Crippen LogP contribution is -2.78. The molecule has 5 aliphatic rings. The van der Waals surface area contributed by atoms with Crippen LogP contribution >= 0.6 is 11.3 Å². The highest BCUT2D eigenvalue weighted by Crippen LogP contribution is 2.66. The molecular weight excluding hydrogens is 472 g/mol. The van der Waals surface area contributed by atoms with Crippen LogP contribution in [0.4, 0.5) is 0 Å². The minimum Gasteiger partial charge on any atom is -0.504 e. The molecule has 2 aromatic rings. The maximum Gasteiger partial charge on any atom is 0.246 e. The van der Waals surface area contributed by atoms with Crippen LogP contribution in [0.2, 0.25) is 0 Å². The zero-order chi connectivity index (χ0) is 24.8. The molecule has 2 bridgehead atoms. The lowest BCUT2D eigenvalue weighted by atomic mass is 9.48. The van der Waals surface area contributed by atoms with Crippen LogP contribution in [0.3, 0.4) is 0 Å². The summed E-state index contributed by atoms with van der Waals surface area (Å²) in [5, 5.41) is 23.4. The van der Waals surface area contributed by atoms with Gasteiger partial charge < -0.3 is 19.8 Å². The van der Waals surface area contributed by atoms with E-state index in [-0.39, 0.29) is 29.8 Å². The van der Waals surface area contributed by atoms with Gasteiger partial charge >= 0.3 is 0 Å². The van der Waals surface area contributed by atoms with E-state index in [1.165, 1.54) is 23.3 Å². The Morgan fingerprint density at radius 2 is 2.08 bits per heavy atom. The molecule has 190 valence electrons. The summed E-state index contributed by atoms with van der Waals surface area (Å²) in [7, 11) is 1.85. The molecule has 36 heavy (non-hydrogen) atoms. The minimum absolute atomic E-state index is 0.0462. The molecule has 1 aromatic carbocycles. The van der Waals surface area contributed by atoms with Crippen molar-refractivity contribution >= 4 is 23.3 Å². The van der Waals surface area contributed by atoms with Crippen LogP contribution in [0.15, 0.2) is 30.3 Å². The Kier molecular flexibility index (Phi) is 4.96. The summed E-state index contributed by atoms with van der Waals surface area (Å²) < 4.78 is 6.61. The maximum absolute atomic E-state index is 13.3. The Labute approximate surface area is 216 Å². The average molecular weight is 507 g/mol. The van der Waals surface area contributed by atoms with Crippen molar-refractivity contribution in [1.82, 2.24) is 9.80 Å². The SMILES string of the molecule is Cc1ccc(/C=C/C(=O)N(C)[C@@H]2CC[C@@]3(O)[C@@H]4Cc5ccc(O)c6c5[C@@]3(CCN4CC3CC3)[C@H]2O6)s1. The van der Waals surface area contributed by atoms with Crippen LogP contribution in [0.25, 0.3) is 6.08 Å². The van der Waals surface area contributed by atoms with Crippen molar-refractivity contribution in [1.29, 1.82) is 0 Å². The first-order valence-corrected chi connectivity index (χ1v) is 14.1.